The Morgan fingerprint density at radius 1 is 1.19 bits per heavy atom. The highest BCUT2D eigenvalue weighted by molar-refractivity contribution is 7.88. The molecule has 2 amide bonds. The summed E-state index contributed by atoms with van der Waals surface area (Å²) in [6.07, 6.45) is 1.46. The summed E-state index contributed by atoms with van der Waals surface area (Å²) >= 11 is 0. The van der Waals surface area contributed by atoms with Gasteiger partial charge in [-0.15, -0.1) is 0 Å². The molecule has 0 aliphatic carbocycles. The van der Waals surface area contributed by atoms with Gasteiger partial charge >= 0.3 is 0 Å². The van der Waals surface area contributed by atoms with Crippen LogP contribution in [0.15, 0.2) is 42.7 Å². The normalized spacial score (nSPS) is 13.9. The van der Waals surface area contributed by atoms with E-state index >= 15 is 0 Å². The first-order valence-corrected chi connectivity index (χ1v) is 11.6. The van der Waals surface area contributed by atoms with Gasteiger partial charge in [-0.05, 0) is 25.3 Å². The van der Waals surface area contributed by atoms with Crippen molar-refractivity contribution in [3.8, 4) is 0 Å². The third-order valence-electron chi connectivity index (χ3n) is 4.31. The molecule has 1 aromatic carbocycles. The van der Waals surface area contributed by atoms with E-state index < -0.39 is 46.6 Å². The summed E-state index contributed by atoms with van der Waals surface area (Å²) in [5, 5.41) is 17.1. The molecule has 1 aromatic rings. The molecular formula is C20H31N5O6S. The summed E-state index contributed by atoms with van der Waals surface area (Å²) in [7, 11) is -3.93. The Kier molecular flexibility index (Phi) is 11.4. The first-order chi connectivity index (χ1) is 15.1. The zero-order valence-corrected chi connectivity index (χ0v) is 18.7. The van der Waals surface area contributed by atoms with E-state index in [2.05, 4.69) is 27.3 Å². The topological polar surface area (TPSA) is 180 Å². The number of nitrogens with one attached hydrogen (secondary N) is 4. The minimum atomic E-state index is -3.93. The molecule has 0 bridgehead atoms. The summed E-state index contributed by atoms with van der Waals surface area (Å²) in [5.74, 6) is -1.58. The highest BCUT2D eigenvalue weighted by atomic mass is 32.2. The van der Waals surface area contributed by atoms with E-state index in [1.165, 1.54) is 6.92 Å². The minimum absolute atomic E-state index is 0.297. The SMILES string of the molecule is C=C(N)NCCC[C@@H](C=O)NC(=O)[C@H](C)NC(=O)[C@@H](CO)NS(=O)(=O)Cc1ccccc1. The van der Waals surface area contributed by atoms with Gasteiger partial charge in [-0.25, -0.2) is 13.1 Å². The summed E-state index contributed by atoms with van der Waals surface area (Å²) in [4.78, 5) is 35.9. The average Bonchev–Trinajstić information content (AvgIpc) is 2.74. The Hall–Kier alpha value is -2.96. The fourth-order valence-electron chi connectivity index (χ4n) is 2.66. The highest BCUT2D eigenvalue weighted by Gasteiger charge is 2.27. The maximum absolute atomic E-state index is 12.4. The van der Waals surface area contributed by atoms with Crippen molar-refractivity contribution < 1.29 is 27.9 Å². The molecule has 0 radical (unpaired) electrons. The minimum Gasteiger partial charge on any atom is -0.394 e. The third kappa shape index (κ3) is 10.4. The number of hydrogen-bond acceptors (Lipinski definition) is 8. The maximum Gasteiger partial charge on any atom is 0.242 e. The van der Waals surface area contributed by atoms with Gasteiger partial charge in [0.15, 0.2) is 0 Å². The Labute approximate surface area is 187 Å². The molecule has 0 heterocycles. The number of carbonyl (C=O) groups excluding carboxylic acids is 3. The molecule has 178 valence electrons. The smallest absolute Gasteiger partial charge is 0.242 e. The Morgan fingerprint density at radius 2 is 1.84 bits per heavy atom. The lowest BCUT2D eigenvalue weighted by Crippen LogP contribution is -2.55. The number of hydrogen-bond donors (Lipinski definition) is 6. The summed E-state index contributed by atoms with van der Waals surface area (Å²) in [6, 6.07) is 5.02. The van der Waals surface area contributed by atoms with Gasteiger partial charge in [0, 0.05) is 6.54 Å². The number of sulfonamides is 1. The predicted octanol–water partition coefficient (Wildman–Crippen LogP) is -1.54. The van der Waals surface area contributed by atoms with Crippen LogP contribution in [-0.4, -0.2) is 62.9 Å². The number of benzene rings is 1. The lowest BCUT2D eigenvalue weighted by Gasteiger charge is -2.21. The lowest BCUT2D eigenvalue weighted by molar-refractivity contribution is -0.130. The molecular weight excluding hydrogens is 438 g/mol. The van der Waals surface area contributed by atoms with Crippen LogP contribution in [0.25, 0.3) is 0 Å². The molecule has 0 fully saturated rings. The highest BCUT2D eigenvalue weighted by Crippen LogP contribution is 2.05. The standard InChI is InChI=1S/C20H31N5O6S/c1-14(19(28)24-17(11-26)9-6-10-22-15(2)21)23-20(29)18(12-27)25-32(30,31)13-16-7-4-3-5-8-16/h3-5,7-8,11,14,17-18,22,25,27H,2,6,9-10,12-13,21H2,1H3,(H,23,29)(H,24,28)/t14-,17-,18+/m0/s1. The number of amides is 2. The van der Waals surface area contributed by atoms with Crippen molar-refractivity contribution in [1.29, 1.82) is 0 Å². The van der Waals surface area contributed by atoms with E-state index in [4.69, 9.17) is 5.73 Å². The van der Waals surface area contributed by atoms with Crippen molar-refractivity contribution in [1.82, 2.24) is 20.7 Å². The van der Waals surface area contributed by atoms with Gasteiger partial charge in [-0.1, -0.05) is 36.9 Å². The zero-order chi connectivity index (χ0) is 24.1. The summed E-state index contributed by atoms with van der Waals surface area (Å²) in [5.41, 5.74) is 5.89. The van der Waals surface area contributed by atoms with Gasteiger partial charge in [-0.3, -0.25) is 9.59 Å². The quantitative estimate of drug-likeness (QED) is 0.132. The Bertz CT molecular complexity index is 878. The van der Waals surface area contributed by atoms with Gasteiger partial charge in [0.25, 0.3) is 0 Å². The molecule has 1 rings (SSSR count). The number of carbonyl (C=O) groups is 3. The van der Waals surface area contributed by atoms with E-state index in [0.29, 0.717) is 37.1 Å². The fraction of sp³-hybridized carbons (Fsp3) is 0.450. The van der Waals surface area contributed by atoms with E-state index in [-0.39, 0.29) is 5.75 Å². The van der Waals surface area contributed by atoms with Gasteiger partial charge in [0.2, 0.25) is 21.8 Å². The van der Waals surface area contributed by atoms with E-state index in [0.717, 1.165) is 0 Å². The van der Waals surface area contributed by atoms with Crippen molar-refractivity contribution in [3.05, 3.63) is 48.3 Å². The van der Waals surface area contributed by atoms with Crippen LogP contribution in [0.5, 0.6) is 0 Å². The summed E-state index contributed by atoms with van der Waals surface area (Å²) in [6.45, 7) is 4.53. The van der Waals surface area contributed by atoms with E-state index in [1.54, 1.807) is 30.3 Å². The molecule has 0 unspecified atom stereocenters. The Morgan fingerprint density at radius 3 is 2.41 bits per heavy atom. The molecule has 0 saturated carbocycles. The molecule has 0 saturated heterocycles. The van der Waals surface area contributed by atoms with Crippen LogP contribution in [0.2, 0.25) is 0 Å². The van der Waals surface area contributed by atoms with Crippen molar-refractivity contribution in [2.24, 2.45) is 5.73 Å². The molecule has 0 aliphatic heterocycles. The molecule has 12 heteroatoms. The molecule has 0 spiro atoms. The molecule has 0 aliphatic rings. The number of aldehydes is 1. The third-order valence-corrected chi connectivity index (χ3v) is 5.67. The van der Waals surface area contributed by atoms with Crippen LogP contribution in [0, 0.1) is 0 Å². The van der Waals surface area contributed by atoms with Gasteiger partial charge in [0.05, 0.1) is 24.2 Å². The first-order valence-electron chi connectivity index (χ1n) is 9.97. The van der Waals surface area contributed by atoms with Crippen LogP contribution in [0.1, 0.15) is 25.3 Å². The van der Waals surface area contributed by atoms with Crippen molar-refractivity contribution in [2.45, 2.75) is 43.6 Å². The van der Waals surface area contributed by atoms with Gasteiger partial charge in [-0.2, -0.15) is 0 Å². The van der Waals surface area contributed by atoms with Gasteiger partial charge in [0.1, 0.15) is 18.4 Å². The lowest BCUT2D eigenvalue weighted by atomic mass is 10.1. The molecule has 11 nitrogen and oxygen atoms in total. The summed E-state index contributed by atoms with van der Waals surface area (Å²) < 4.78 is 26.7. The molecule has 32 heavy (non-hydrogen) atoms. The maximum atomic E-state index is 12.4. The monoisotopic (exact) mass is 469 g/mol. The average molecular weight is 470 g/mol. The van der Waals surface area contributed by atoms with Crippen molar-refractivity contribution >= 4 is 28.1 Å². The number of nitrogens with two attached hydrogens (primary N) is 1. The Balaban J connectivity index is 2.58. The van der Waals surface area contributed by atoms with Crippen molar-refractivity contribution in [2.75, 3.05) is 13.2 Å². The second kappa shape index (κ2) is 13.5. The van der Waals surface area contributed by atoms with Crippen LogP contribution >= 0.6 is 0 Å². The molecule has 3 atom stereocenters. The molecule has 0 aromatic heterocycles. The second-order valence-corrected chi connectivity index (χ2v) is 8.93. The van der Waals surface area contributed by atoms with E-state index in [1.807, 2.05) is 0 Å². The molecule has 7 N–H and O–H groups in total. The van der Waals surface area contributed by atoms with Gasteiger partial charge < -0.3 is 31.6 Å². The second-order valence-electron chi connectivity index (χ2n) is 7.17. The number of rotatable bonds is 15. The van der Waals surface area contributed by atoms with E-state index in [9.17, 15) is 27.9 Å². The predicted molar refractivity (Wildman–Crippen MR) is 119 cm³/mol. The number of aliphatic hydroxyl groups excluding tert-OH is 1. The zero-order valence-electron chi connectivity index (χ0n) is 17.9. The van der Waals surface area contributed by atoms with Crippen LogP contribution in [-0.2, 0) is 30.2 Å². The first kappa shape index (κ1) is 27.1. The fourth-order valence-corrected chi connectivity index (χ4v) is 3.99. The van der Waals surface area contributed by atoms with Crippen LogP contribution in [0.4, 0.5) is 0 Å². The van der Waals surface area contributed by atoms with Crippen LogP contribution in [0.3, 0.4) is 0 Å². The van der Waals surface area contributed by atoms with Crippen molar-refractivity contribution in [3.63, 3.8) is 0 Å². The largest absolute Gasteiger partial charge is 0.394 e. The van der Waals surface area contributed by atoms with Crippen LogP contribution < -0.4 is 26.4 Å². The number of aliphatic hydroxyl groups is 1.